The van der Waals surface area contributed by atoms with Crippen molar-refractivity contribution >= 4 is 29.1 Å². The van der Waals surface area contributed by atoms with Gasteiger partial charge in [-0.05, 0) is 68.7 Å². The van der Waals surface area contributed by atoms with E-state index in [2.05, 4.69) is 19.9 Å². The number of rotatable bonds is 4. The van der Waals surface area contributed by atoms with Gasteiger partial charge in [0, 0.05) is 16.7 Å². The van der Waals surface area contributed by atoms with Gasteiger partial charge >= 0.3 is 5.97 Å². The van der Waals surface area contributed by atoms with Crippen LogP contribution in [0.4, 0.5) is 0 Å². The molecule has 0 amide bonds. The van der Waals surface area contributed by atoms with Crippen LogP contribution in [0.3, 0.4) is 0 Å². The molecule has 174 valence electrons. The van der Waals surface area contributed by atoms with E-state index in [-0.39, 0.29) is 46.4 Å². The molecule has 2 fully saturated rings. The van der Waals surface area contributed by atoms with Crippen LogP contribution in [0.2, 0.25) is 0 Å². The number of ether oxygens (including phenoxy) is 1. The second-order valence-electron chi connectivity index (χ2n) is 10.4. The molecule has 6 heteroatoms. The first-order chi connectivity index (χ1) is 15.7. The van der Waals surface area contributed by atoms with Crippen LogP contribution in [0.15, 0.2) is 58.3 Å². The van der Waals surface area contributed by atoms with E-state index < -0.39 is 17.0 Å². The molecule has 0 aliphatic heterocycles. The number of furan rings is 1. The molecule has 0 unspecified atom stereocenters. The van der Waals surface area contributed by atoms with E-state index in [1.165, 1.54) is 17.4 Å². The predicted octanol–water partition coefficient (Wildman–Crippen LogP) is 5.46. The van der Waals surface area contributed by atoms with Gasteiger partial charge in [0.05, 0.1) is 12.1 Å². The van der Waals surface area contributed by atoms with Crippen molar-refractivity contribution in [1.82, 2.24) is 0 Å². The normalized spacial score (nSPS) is 39.2. The fourth-order valence-corrected chi connectivity index (χ4v) is 7.61. The molecule has 4 aliphatic carbocycles. The summed E-state index contributed by atoms with van der Waals surface area (Å²) in [6.07, 6.45) is 12.3. The minimum atomic E-state index is -1.32. The molecular formula is C27H29ClO5. The number of carbonyl (C=O) groups excluding carboxylic acids is 3. The average molecular weight is 469 g/mol. The van der Waals surface area contributed by atoms with Crippen LogP contribution in [0.1, 0.15) is 57.0 Å². The van der Waals surface area contributed by atoms with Crippen LogP contribution < -0.4 is 0 Å². The maximum atomic E-state index is 13.5. The van der Waals surface area contributed by atoms with Crippen molar-refractivity contribution in [3.63, 3.8) is 0 Å². The van der Waals surface area contributed by atoms with Crippen LogP contribution in [0.25, 0.3) is 0 Å². The van der Waals surface area contributed by atoms with Crippen molar-refractivity contribution in [3.05, 3.63) is 59.6 Å². The molecule has 1 heterocycles. The van der Waals surface area contributed by atoms with Crippen molar-refractivity contribution < 1.29 is 23.5 Å². The fraction of sp³-hybridized carbons (Fsp3) is 0.519. The van der Waals surface area contributed by atoms with Crippen LogP contribution in [-0.2, 0) is 14.3 Å². The molecule has 0 radical (unpaired) electrons. The van der Waals surface area contributed by atoms with Crippen molar-refractivity contribution in [2.45, 2.75) is 52.1 Å². The van der Waals surface area contributed by atoms with Gasteiger partial charge in [-0.2, -0.15) is 0 Å². The zero-order chi connectivity index (χ0) is 23.6. The number of carbonyl (C=O) groups is 3. The number of Topliss-reactive ketones (excluding diaryl/α,β-unsaturated/α-hetero) is 1. The number of fused-ring (bicyclic) bond motifs is 5. The topological polar surface area (TPSA) is 73.6 Å². The van der Waals surface area contributed by atoms with Crippen LogP contribution in [0.5, 0.6) is 0 Å². The third-order valence-corrected chi connectivity index (χ3v) is 9.24. The summed E-state index contributed by atoms with van der Waals surface area (Å²) < 4.78 is 11.4. The van der Waals surface area contributed by atoms with Crippen LogP contribution >= 0.6 is 11.6 Å². The van der Waals surface area contributed by atoms with E-state index in [0.717, 1.165) is 19.3 Å². The molecule has 4 aliphatic rings. The first kappa shape index (κ1) is 22.4. The Kier molecular flexibility index (Phi) is 5.13. The number of hydrogen-bond acceptors (Lipinski definition) is 5. The van der Waals surface area contributed by atoms with Crippen LogP contribution in [-0.4, -0.2) is 29.0 Å². The van der Waals surface area contributed by atoms with Gasteiger partial charge in [-0.15, -0.1) is 11.6 Å². The number of alkyl halides is 1. The van der Waals surface area contributed by atoms with Crippen molar-refractivity contribution in [1.29, 1.82) is 0 Å². The van der Waals surface area contributed by atoms with Gasteiger partial charge in [-0.25, -0.2) is 4.79 Å². The standard InChI is InChI=1S/C27H29ClO5/c1-16-13-21-19-7-6-17-14-18(29)8-10-25(17,2)20(19)9-11-26(21,3)27(16,23(30)15-28)33-24(31)22-5-4-12-32-22/h4-5,8-10,12,14,16,19,21H,6-7,11,13,15H2,1-3H3/t16-,19+,21-,25-,26+,27+/m0/s1. The molecule has 5 nitrogen and oxygen atoms in total. The van der Waals surface area contributed by atoms with Crippen molar-refractivity contribution in [2.75, 3.05) is 5.88 Å². The number of esters is 1. The Labute approximate surface area is 198 Å². The average Bonchev–Trinajstić information content (AvgIpc) is 3.40. The van der Waals surface area contributed by atoms with E-state index in [9.17, 15) is 14.4 Å². The molecule has 0 saturated heterocycles. The zero-order valence-electron chi connectivity index (χ0n) is 19.2. The van der Waals surface area contributed by atoms with Gasteiger partial charge in [-0.3, -0.25) is 9.59 Å². The Morgan fingerprint density at radius 1 is 1.30 bits per heavy atom. The minimum absolute atomic E-state index is 0.0493. The molecule has 0 aromatic carbocycles. The monoisotopic (exact) mass is 468 g/mol. The van der Waals surface area contributed by atoms with E-state index in [1.807, 2.05) is 13.0 Å². The molecule has 5 rings (SSSR count). The molecule has 1 aromatic rings. The van der Waals surface area contributed by atoms with Crippen molar-refractivity contribution in [2.24, 2.45) is 28.6 Å². The largest absolute Gasteiger partial charge is 0.457 e. The maximum Gasteiger partial charge on any atom is 0.375 e. The Morgan fingerprint density at radius 3 is 2.79 bits per heavy atom. The number of hydrogen-bond donors (Lipinski definition) is 0. The smallest absolute Gasteiger partial charge is 0.375 e. The Balaban J connectivity index is 1.59. The lowest BCUT2D eigenvalue weighted by molar-refractivity contribution is -0.158. The molecule has 33 heavy (non-hydrogen) atoms. The molecule has 1 aromatic heterocycles. The van der Waals surface area contributed by atoms with E-state index in [0.29, 0.717) is 6.42 Å². The Bertz CT molecular complexity index is 1110. The second-order valence-corrected chi connectivity index (χ2v) is 10.7. The lowest BCUT2D eigenvalue weighted by Gasteiger charge is -2.54. The van der Waals surface area contributed by atoms with Gasteiger partial charge in [0.15, 0.2) is 17.2 Å². The lowest BCUT2D eigenvalue weighted by Crippen LogP contribution is -2.59. The number of ketones is 2. The molecule has 0 N–H and O–H groups in total. The summed E-state index contributed by atoms with van der Waals surface area (Å²) in [4.78, 5) is 38.5. The summed E-state index contributed by atoms with van der Waals surface area (Å²) in [7, 11) is 0. The Morgan fingerprint density at radius 2 is 2.09 bits per heavy atom. The summed E-state index contributed by atoms with van der Waals surface area (Å²) in [6.45, 7) is 6.27. The molecule has 6 atom stereocenters. The van der Waals surface area contributed by atoms with Crippen molar-refractivity contribution in [3.8, 4) is 0 Å². The summed E-state index contributed by atoms with van der Waals surface area (Å²) in [6, 6.07) is 3.17. The third kappa shape index (κ3) is 2.94. The Hall–Kier alpha value is -2.40. The first-order valence-electron chi connectivity index (χ1n) is 11.7. The minimum Gasteiger partial charge on any atom is -0.457 e. The SMILES string of the molecule is C[C@H]1C[C@H]2[C@@H]3CCC4=CC(=O)C=C[C@]4(C)C3=CC[C@@]2(C)[C@]1(OC(=O)c1ccco1)C(=O)CCl. The van der Waals surface area contributed by atoms with Gasteiger partial charge in [0.1, 0.15) is 0 Å². The van der Waals surface area contributed by atoms with E-state index in [1.54, 1.807) is 24.3 Å². The fourth-order valence-electron chi connectivity index (χ4n) is 7.41. The summed E-state index contributed by atoms with van der Waals surface area (Å²) >= 11 is 6.12. The highest BCUT2D eigenvalue weighted by Gasteiger charge is 2.70. The summed E-state index contributed by atoms with van der Waals surface area (Å²) in [5.74, 6) is -0.728. The highest BCUT2D eigenvalue weighted by Crippen LogP contribution is 2.67. The highest BCUT2D eigenvalue weighted by atomic mass is 35.5. The third-order valence-electron chi connectivity index (χ3n) is 9.00. The van der Waals surface area contributed by atoms with Gasteiger partial charge < -0.3 is 9.15 Å². The van der Waals surface area contributed by atoms with Gasteiger partial charge in [-0.1, -0.05) is 37.1 Å². The summed E-state index contributed by atoms with van der Waals surface area (Å²) in [5.41, 5.74) is 0.319. The zero-order valence-corrected chi connectivity index (χ0v) is 20.0. The molecule has 0 spiro atoms. The van der Waals surface area contributed by atoms with Crippen LogP contribution in [0, 0.1) is 28.6 Å². The van der Waals surface area contributed by atoms with E-state index in [4.69, 9.17) is 20.8 Å². The van der Waals surface area contributed by atoms with Gasteiger partial charge in [0.25, 0.3) is 0 Å². The predicted molar refractivity (Wildman–Crippen MR) is 124 cm³/mol. The first-order valence-corrected chi connectivity index (χ1v) is 12.2. The quantitative estimate of drug-likeness (QED) is 0.333. The van der Waals surface area contributed by atoms with Gasteiger partial charge in [0.2, 0.25) is 5.76 Å². The lowest BCUT2D eigenvalue weighted by atomic mass is 9.51. The second kappa shape index (κ2) is 7.56. The maximum absolute atomic E-state index is 13.5. The molecule has 2 saturated carbocycles. The highest BCUT2D eigenvalue weighted by molar-refractivity contribution is 6.29. The molecular weight excluding hydrogens is 440 g/mol. The number of allylic oxidation sites excluding steroid dienone is 6. The summed E-state index contributed by atoms with van der Waals surface area (Å²) in [5, 5.41) is 0. The molecule has 0 bridgehead atoms. The number of halogens is 1. The van der Waals surface area contributed by atoms with E-state index >= 15 is 0 Å².